The van der Waals surface area contributed by atoms with Gasteiger partial charge in [0, 0.05) is 32.7 Å². The first kappa shape index (κ1) is 18.4. The maximum Gasteiger partial charge on any atom is 0.387 e. The van der Waals surface area contributed by atoms with Crippen LogP contribution >= 0.6 is 0 Å². The fourth-order valence-corrected chi connectivity index (χ4v) is 2.81. The molecule has 1 aliphatic rings. The summed E-state index contributed by atoms with van der Waals surface area (Å²) in [5.74, 6) is 1.52. The normalized spacial score (nSPS) is 18.3. The molecule has 0 spiro atoms. The zero-order chi connectivity index (χ0) is 17.4. The predicted octanol–water partition coefficient (Wildman–Crippen LogP) is 2.72. The predicted molar refractivity (Wildman–Crippen MR) is 89.4 cm³/mol. The van der Waals surface area contributed by atoms with Crippen molar-refractivity contribution in [2.45, 2.75) is 26.5 Å². The fourth-order valence-electron chi connectivity index (χ4n) is 2.81. The zero-order valence-electron chi connectivity index (χ0n) is 14.2. The molecule has 1 heterocycles. The summed E-state index contributed by atoms with van der Waals surface area (Å²) in [6.07, 6.45) is 1.08. The van der Waals surface area contributed by atoms with Gasteiger partial charge in [-0.3, -0.25) is 0 Å². The van der Waals surface area contributed by atoms with Gasteiger partial charge >= 0.3 is 6.61 Å². The van der Waals surface area contributed by atoms with Crippen LogP contribution in [0, 0.1) is 5.92 Å². The first-order valence-corrected chi connectivity index (χ1v) is 8.18. The molecule has 1 N–H and O–H groups in total. The summed E-state index contributed by atoms with van der Waals surface area (Å²) in [7, 11) is 1.72. The highest BCUT2D eigenvalue weighted by Crippen LogP contribution is 2.18. The Kier molecular flexibility index (Phi) is 7.24. The number of benzene rings is 1. The van der Waals surface area contributed by atoms with Gasteiger partial charge in [-0.1, -0.05) is 12.1 Å². The van der Waals surface area contributed by atoms with Crippen LogP contribution in [0.25, 0.3) is 0 Å². The molecular formula is C17H25F2N3O2. The van der Waals surface area contributed by atoms with Crippen molar-refractivity contribution < 1.29 is 18.3 Å². The van der Waals surface area contributed by atoms with Gasteiger partial charge in [0.25, 0.3) is 0 Å². The Labute approximate surface area is 141 Å². The minimum atomic E-state index is -2.82. The lowest BCUT2D eigenvalue weighted by molar-refractivity contribution is -0.0498. The van der Waals surface area contributed by atoms with Gasteiger partial charge in [-0.15, -0.1) is 0 Å². The van der Waals surface area contributed by atoms with Crippen molar-refractivity contribution >= 4 is 5.96 Å². The molecule has 2 rings (SSSR count). The second kappa shape index (κ2) is 9.42. The molecule has 1 saturated heterocycles. The molecule has 7 heteroatoms. The smallest absolute Gasteiger partial charge is 0.387 e. The molecule has 0 bridgehead atoms. The molecule has 1 atom stereocenters. The van der Waals surface area contributed by atoms with Crippen LogP contribution in [0.3, 0.4) is 0 Å². The quantitative estimate of drug-likeness (QED) is 0.612. The second-order valence-corrected chi connectivity index (χ2v) is 5.75. The van der Waals surface area contributed by atoms with Crippen molar-refractivity contribution in [2.24, 2.45) is 10.9 Å². The number of nitrogens with one attached hydrogen (secondary N) is 1. The van der Waals surface area contributed by atoms with Crippen LogP contribution in [0.1, 0.15) is 18.9 Å². The lowest BCUT2D eigenvalue weighted by atomic mass is 10.1. The summed E-state index contributed by atoms with van der Waals surface area (Å²) >= 11 is 0. The number of alkyl halides is 2. The summed E-state index contributed by atoms with van der Waals surface area (Å²) in [4.78, 5) is 6.84. The van der Waals surface area contributed by atoms with Crippen molar-refractivity contribution in [3.8, 4) is 5.75 Å². The average Bonchev–Trinajstić information content (AvgIpc) is 3.00. The largest absolute Gasteiger partial charge is 0.435 e. The van der Waals surface area contributed by atoms with Crippen LogP contribution in [0.2, 0.25) is 0 Å². The molecule has 24 heavy (non-hydrogen) atoms. The van der Waals surface area contributed by atoms with E-state index in [4.69, 9.17) is 4.74 Å². The Bertz CT molecular complexity index is 540. The molecule has 0 saturated carbocycles. The number of nitrogens with zero attached hydrogens (tertiary/aromatic N) is 2. The molecule has 0 aromatic heterocycles. The monoisotopic (exact) mass is 341 g/mol. The Hall–Kier alpha value is -1.89. The first-order chi connectivity index (χ1) is 11.6. The number of guanidine groups is 1. The van der Waals surface area contributed by atoms with E-state index in [0.717, 1.165) is 44.2 Å². The van der Waals surface area contributed by atoms with E-state index in [1.807, 2.05) is 13.0 Å². The topological polar surface area (TPSA) is 46.1 Å². The third kappa shape index (κ3) is 5.63. The van der Waals surface area contributed by atoms with Crippen LogP contribution in [0.15, 0.2) is 29.3 Å². The molecular weight excluding hydrogens is 316 g/mol. The lowest BCUT2D eigenvalue weighted by Crippen LogP contribution is -2.40. The summed E-state index contributed by atoms with van der Waals surface area (Å²) in [5.41, 5.74) is 0.830. The van der Waals surface area contributed by atoms with E-state index < -0.39 is 6.61 Å². The van der Waals surface area contributed by atoms with Crippen LogP contribution in [-0.2, 0) is 11.3 Å². The van der Waals surface area contributed by atoms with E-state index in [2.05, 4.69) is 19.9 Å². The minimum Gasteiger partial charge on any atom is -0.435 e. The zero-order valence-corrected chi connectivity index (χ0v) is 14.2. The molecule has 5 nitrogen and oxygen atoms in total. The minimum absolute atomic E-state index is 0.157. The van der Waals surface area contributed by atoms with Crippen LogP contribution in [-0.4, -0.2) is 50.8 Å². The van der Waals surface area contributed by atoms with E-state index in [0.29, 0.717) is 12.5 Å². The Morgan fingerprint density at radius 3 is 3.00 bits per heavy atom. The highest BCUT2D eigenvalue weighted by Gasteiger charge is 2.24. The fraction of sp³-hybridized carbons (Fsp3) is 0.588. The van der Waals surface area contributed by atoms with E-state index in [1.165, 1.54) is 6.07 Å². The van der Waals surface area contributed by atoms with E-state index in [-0.39, 0.29) is 5.75 Å². The maximum absolute atomic E-state index is 12.3. The Morgan fingerprint density at radius 1 is 1.46 bits per heavy atom. The summed E-state index contributed by atoms with van der Waals surface area (Å²) < 4.78 is 34.2. The lowest BCUT2D eigenvalue weighted by Gasteiger charge is -2.21. The van der Waals surface area contributed by atoms with Gasteiger partial charge in [0.15, 0.2) is 5.96 Å². The SMILES string of the molecule is CCNC(=NCc1cccc(OC(F)F)c1)N1CCC(COC)C1. The molecule has 1 aliphatic heterocycles. The van der Waals surface area contributed by atoms with Crippen molar-refractivity contribution in [3.63, 3.8) is 0 Å². The number of hydrogen-bond acceptors (Lipinski definition) is 3. The summed E-state index contributed by atoms with van der Waals surface area (Å²) in [5, 5.41) is 3.29. The van der Waals surface area contributed by atoms with Gasteiger partial charge in [-0.25, -0.2) is 4.99 Å². The van der Waals surface area contributed by atoms with Crippen molar-refractivity contribution in [1.29, 1.82) is 0 Å². The molecule has 0 amide bonds. The highest BCUT2D eigenvalue weighted by molar-refractivity contribution is 5.80. The van der Waals surface area contributed by atoms with Crippen LogP contribution in [0.4, 0.5) is 8.78 Å². The van der Waals surface area contributed by atoms with Gasteiger partial charge in [0.05, 0.1) is 13.2 Å². The number of aliphatic imine (C=N–C) groups is 1. The van der Waals surface area contributed by atoms with E-state index in [9.17, 15) is 8.78 Å². The average molecular weight is 341 g/mol. The molecule has 134 valence electrons. The third-order valence-electron chi connectivity index (χ3n) is 3.86. The van der Waals surface area contributed by atoms with E-state index >= 15 is 0 Å². The summed E-state index contributed by atoms with van der Waals surface area (Å²) in [6.45, 7) is 3.00. The highest BCUT2D eigenvalue weighted by atomic mass is 19.3. The maximum atomic E-state index is 12.3. The molecule has 0 aliphatic carbocycles. The van der Waals surface area contributed by atoms with Gasteiger partial charge in [0.1, 0.15) is 5.75 Å². The molecule has 1 unspecified atom stereocenters. The molecule has 1 aromatic carbocycles. The number of likely N-dealkylation sites (tertiary alicyclic amines) is 1. The third-order valence-corrected chi connectivity index (χ3v) is 3.86. The second-order valence-electron chi connectivity index (χ2n) is 5.75. The van der Waals surface area contributed by atoms with Crippen LogP contribution < -0.4 is 10.1 Å². The standard InChI is InChI=1S/C17H25F2N3O2/c1-3-20-17(22-8-7-14(11-22)12-23-2)21-10-13-5-4-6-15(9-13)24-16(18)19/h4-6,9,14,16H,3,7-8,10-12H2,1-2H3,(H,20,21). The van der Waals surface area contributed by atoms with Crippen molar-refractivity contribution in [2.75, 3.05) is 33.4 Å². The molecule has 0 radical (unpaired) electrons. The molecule has 1 aromatic rings. The Morgan fingerprint density at radius 2 is 2.29 bits per heavy atom. The molecule has 1 fully saturated rings. The Balaban J connectivity index is 2.00. The van der Waals surface area contributed by atoms with Gasteiger partial charge in [-0.05, 0) is 31.0 Å². The number of methoxy groups -OCH3 is 1. The van der Waals surface area contributed by atoms with E-state index in [1.54, 1.807) is 19.2 Å². The van der Waals surface area contributed by atoms with Crippen molar-refractivity contribution in [3.05, 3.63) is 29.8 Å². The van der Waals surface area contributed by atoms with Gasteiger partial charge in [-0.2, -0.15) is 8.78 Å². The number of rotatable bonds is 7. The van der Waals surface area contributed by atoms with Gasteiger partial charge < -0.3 is 19.7 Å². The van der Waals surface area contributed by atoms with Crippen LogP contribution in [0.5, 0.6) is 5.75 Å². The number of hydrogen-bond donors (Lipinski definition) is 1. The van der Waals surface area contributed by atoms with Gasteiger partial charge in [0.2, 0.25) is 0 Å². The van der Waals surface area contributed by atoms with Crippen molar-refractivity contribution in [1.82, 2.24) is 10.2 Å². The first-order valence-electron chi connectivity index (χ1n) is 8.18. The summed E-state index contributed by atoms with van der Waals surface area (Å²) in [6, 6.07) is 6.65. The number of halogens is 2. The number of ether oxygens (including phenoxy) is 2.